The van der Waals surface area contributed by atoms with Crippen molar-refractivity contribution in [3.05, 3.63) is 34.3 Å². The van der Waals surface area contributed by atoms with Gasteiger partial charge in [0, 0.05) is 4.47 Å². The van der Waals surface area contributed by atoms with Crippen molar-refractivity contribution in [3.63, 3.8) is 0 Å². The number of rotatable bonds is 5. The van der Waals surface area contributed by atoms with Gasteiger partial charge in [-0.3, -0.25) is 4.79 Å². The number of halogens is 1. The molecule has 0 aliphatic carbocycles. The molecule has 0 aliphatic heterocycles. The van der Waals surface area contributed by atoms with Gasteiger partial charge < -0.3 is 15.3 Å². The molecule has 0 fully saturated rings. The zero-order chi connectivity index (χ0) is 12.1. The summed E-state index contributed by atoms with van der Waals surface area (Å²) in [6, 6.07) is 6.92. The maximum absolute atomic E-state index is 11.1. The van der Waals surface area contributed by atoms with E-state index in [1.807, 2.05) is 0 Å². The van der Waals surface area contributed by atoms with Crippen LogP contribution in [0.2, 0.25) is 0 Å². The fraction of sp³-hybridized carbons (Fsp3) is 0.364. The largest absolute Gasteiger partial charge is 0.481 e. The zero-order valence-corrected chi connectivity index (χ0v) is 10.1. The van der Waals surface area contributed by atoms with Gasteiger partial charge in [-0.2, -0.15) is 0 Å². The van der Waals surface area contributed by atoms with E-state index in [1.165, 1.54) is 0 Å². The van der Waals surface area contributed by atoms with Gasteiger partial charge in [-0.15, -0.1) is 0 Å². The zero-order valence-electron chi connectivity index (χ0n) is 8.51. The lowest BCUT2D eigenvalue weighted by molar-refractivity contribution is -0.139. The van der Waals surface area contributed by atoms with Crippen LogP contribution >= 0.6 is 15.9 Å². The Balaban J connectivity index is 2.89. The molecule has 0 saturated heterocycles. The molecule has 0 aliphatic rings. The molecule has 88 valence electrons. The van der Waals surface area contributed by atoms with E-state index in [2.05, 4.69) is 15.9 Å². The second kappa shape index (κ2) is 5.98. The van der Waals surface area contributed by atoms with Crippen LogP contribution in [0.25, 0.3) is 0 Å². The first kappa shape index (κ1) is 13.2. The van der Waals surface area contributed by atoms with Gasteiger partial charge >= 0.3 is 5.97 Å². The van der Waals surface area contributed by atoms with Gasteiger partial charge in [0.1, 0.15) is 0 Å². The third kappa shape index (κ3) is 3.59. The molecule has 3 N–H and O–H groups in total. The molecule has 1 rings (SSSR count). The predicted molar refractivity (Wildman–Crippen MR) is 62.2 cm³/mol. The Kier molecular flexibility index (Phi) is 4.92. The van der Waals surface area contributed by atoms with Crippen LogP contribution in [0, 0.1) is 0 Å². The van der Waals surface area contributed by atoms with Crippen molar-refractivity contribution >= 4 is 21.9 Å². The van der Waals surface area contributed by atoms with Gasteiger partial charge in [0.15, 0.2) is 0 Å². The van der Waals surface area contributed by atoms with Crippen LogP contribution < -0.4 is 0 Å². The molecule has 0 radical (unpaired) electrons. The van der Waals surface area contributed by atoms with Gasteiger partial charge in [-0.25, -0.2) is 0 Å². The minimum atomic E-state index is -1.01. The van der Waals surface area contributed by atoms with Gasteiger partial charge in [0.2, 0.25) is 0 Å². The smallest absolute Gasteiger partial charge is 0.311 e. The quantitative estimate of drug-likeness (QED) is 0.765. The number of hydrogen-bond acceptors (Lipinski definition) is 3. The predicted octanol–water partition coefficient (Wildman–Crippen LogP) is 1.36. The molecule has 2 atom stereocenters. The lowest BCUT2D eigenvalue weighted by Crippen LogP contribution is -2.21. The lowest BCUT2D eigenvalue weighted by atomic mass is 9.93. The van der Waals surface area contributed by atoms with Gasteiger partial charge in [-0.05, 0) is 24.1 Å². The number of hydrogen-bond donors (Lipinski definition) is 3. The number of aliphatic carboxylic acids is 1. The molecule has 2 unspecified atom stereocenters. The first-order valence-corrected chi connectivity index (χ1v) is 5.61. The molecule has 0 amide bonds. The van der Waals surface area contributed by atoms with E-state index in [0.29, 0.717) is 5.56 Å². The number of benzene rings is 1. The SMILES string of the molecule is O=C(O)C(CC(O)CO)c1cccc(Br)c1. The fourth-order valence-electron chi connectivity index (χ4n) is 1.45. The van der Waals surface area contributed by atoms with E-state index in [1.54, 1.807) is 24.3 Å². The maximum atomic E-state index is 11.1. The number of carboxylic acid groups (broad SMARTS) is 1. The van der Waals surface area contributed by atoms with Crippen LogP contribution in [-0.2, 0) is 4.79 Å². The normalized spacial score (nSPS) is 14.4. The average molecular weight is 289 g/mol. The maximum Gasteiger partial charge on any atom is 0.311 e. The Morgan fingerprint density at radius 2 is 2.12 bits per heavy atom. The van der Waals surface area contributed by atoms with Crippen LogP contribution in [0.4, 0.5) is 0 Å². The van der Waals surface area contributed by atoms with E-state index < -0.39 is 24.6 Å². The summed E-state index contributed by atoms with van der Waals surface area (Å²) in [6.45, 7) is -0.433. The topological polar surface area (TPSA) is 77.8 Å². The highest BCUT2D eigenvalue weighted by atomic mass is 79.9. The van der Waals surface area contributed by atoms with Crippen molar-refractivity contribution in [3.8, 4) is 0 Å². The summed E-state index contributed by atoms with van der Waals surface area (Å²) in [5.41, 5.74) is 0.606. The van der Waals surface area contributed by atoms with E-state index >= 15 is 0 Å². The Morgan fingerprint density at radius 3 is 2.62 bits per heavy atom. The van der Waals surface area contributed by atoms with Gasteiger partial charge in [-0.1, -0.05) is 28.1 Å². The number of carboxylic acids is 1. The van der Waals surface area contributed by atoms with Crippen LogP contribution in [0.3, 0.4) is 0 Å². The number of aliphatic hydroxyl groups excluding tert-OH is 2. The van der Waals surface area contributed by atoms with Crippen LogP contribution in [0.5, 0.6) is 0 Å². The summed E-state index contributed by atoms with van der Waals surface area (Å²) in [7, 11) is 0. The van der Waals surface area contributed by atoms with Gasteiger partial charge in [0.05, 0.1) is 18.6 Å². The lowest BCUT2D eigenvalue weighted by Gasteiger charge is -2.15. The monoisotopic (exact) mass is 288 g/mol. The third-order valence-corrected chi connectivity index (χ3v) is 2.76. The molecule has 0 spiro atoms. The van der Waals surface area contributed by atoms with Crippen molar-refractivity contribution in [2.75, 3.05) is 6.61 Å². The molecule has 5 heteroatoms. The van der Waals surface area contributed by atoms with Crippen LogP contribution in [0.15, 0.2) is 28.7 Å². The minimum Gasteiger partial charge on any atom is -0.481 e. The highest BCUT2D eigenvalue weighted by molar-refractivity contribution is 9.10. The molecule has 0 heterocycles. The van der Waals surface area contributed by atoms with Crippen molar-refractivity contribution in [1.29, 1.82) is 0 Å². The van der Waals surface area contributed by atoms with Crippen LogP contribution in [-0.4, -0.2) is 34.0 Å². The summed E-state index contributed by atoms with van der Waals surface area (Å²) in [4.78, 5) is 11.1. The summed E-state index contributed by atoms with van der Waals surface area (Å²) < 4.78 is 0.787. The molecule has 1 aromatic carbocycles. The van der Waals surface area contributed by atoms with Gasteiger partial charge in [0.25, 0.3) is 0 Å². The molecule has 0 aromatic heterocycles. The average Bonchev–Trinajstić information content (AvgIpc) is 2.25. The molecule has 0 bridgehead atoms. The second-order valence-electron chi connectivity index (χ2n) is 3.52. The Morgan fingerprint density at radius 1 is 1.44 bits per heavy atom. The molecule has 16 heavy (non-hydrogen) atoms. The molecular formula is C11H13BrO4. The molecule has 0 saturated carbocycles. The van der Waals surface area contributed by atoms with Crippen molar-refractivity contribution in [2.45, 2.75) is 18.4 Å². The summed E-state index contributed by atoms with van der Waals surface area (Å²) >= 11 is 3.26. The Bertz CT molecular complexity index is 367. The van der Waals surface area contributed by atoms with Crippen molar-refractivity contribution in [2.24, 2.45) is 0 Å². The highest BCUT2D eigenvalue weighted by Gasteiger charge is 2.23. The minimum absolute atomic E-state index is 0.00227. The molecule has 1 aromatic rings. The fourth-order valence-corrected chi connectivity index (χ4v) is 1.87. The molecular weight excluding hydrogens is 276 g/mol. The highest BCUT2D eigenvalue weighted by Crippen LogP contribution is 2.24. The van der Waals surface area contributed by atoms with E-state index in [4.69, 9.17) is 10.2 Å². The number of carbonyl (C=O) groups is 1. The van der Waals surface area contributed by atoms with E-state index in [0.717, 1.165) is 4.47 Å². The summed E-state index contributed by atoms with van der Waals surface area (Å²) in [5, 5.41) is 27.1. The summed E-state index contributed by atoms with van der Waals surface area (Å²) in [6.07, 6.45) is -1.01. The third-order valence-electron chi connectivity index (χ3n) is 2.27. The first-order chi connectivity index (χ1) is 7.54. The van der Waals surface area contributed by atoms with E-state index in [-0.39, 0.29) is 6.42 Å². The Labute approximate surface area is 102 Å². The van der Waals surface area contributed by atoms with Crippen LogP contribution in [0.1, 0.15) is 17.9 Å². The standard InChI is InChI=1S/C11H13BrO4/c12-8-3-1-2-7(4-8)10(11(15)16)5-9(14)6-13/h1-4,9-10,13-14H,5-6H2,(H,15,16). The Hall–Kier alpha value is -0.910. The van der Waals surface area contributed by atoms with Crippen molar-refractivity contribution < 1.29 is 20.1 Å². The van der Waals surface area contributed by atoms with E-state index in [9.17, 15) is 9.90 Å². The second-order valence-corrected chi connectivity index (χ2v) is 4.43. The van der Waals surface area contributed by atoms with Crippen molar-refractivity contribution in [1.82, 2.24) is 0 Å². The summed E-state index contributed by atoms with van der Waals surface area (Å²) in [5.74, 6) is -1.81. The first-order valence-electron chi connectivity index (χ1n) is 4.81. The molecule has 4 nitrogen and oxygen atoms in total. The number of aliphatic hydroxyl groups is 2.